The molecule has 0 aliphatic heterocycles. The van der Waals surface area contributed by atoms with Gasteiger partial charge >= 0.3 is 0 Å². The molecule has 1 aromatic carbocycles. The fourth-order valence-corrected chi connectivity index (χ4v) is 3.27. The smallest absolute Gasteiger partial charge is 0.243 e. The third-order valence-electron chi connectivity index (χ3n) is 4.62. The van der Waals surface area contributed by atoms with E-state index in [-0.39, 0.29) is 17.8 Å². The first-order chi connectivity index (χ1) is 12.7. The second-order valence-electron chi connectivity index (χ2n) is 6.66. The Morgan fingerprint density at radius 2 is 1.96 bits per heavy atom. The van der Waals surface area contributed by atoms with Crippen molar-refractivity contribution in [3.05, 3.63) is 30.0 Å². The Hall–Kier alpha value is -2.68. The molecule has 0 unspecified atom stereocenters. The average molecular weight is 352 g/mol. The summed E-state index contributed by atoms with van der Waals surface area (Å²) in [7, 11) is 0. The normalized spacial score (nSPS) is 16.0. The van der Waals surface area contributed by atoms with Crippen molar-refractivity contribution < 1.29 is 9.53 Å². The third-order valence-corrected chi connectivity index (χ3v) is 4.62. The first kappa shape index (κ1) is 18.1. The van der Waals surface area contributed by atoms with Gasteiger partial charge in [-0.15, -0.1) is 0 Å². The van der Waals surface area contributed by atoms with Crippen molar-refractivity contribution in [3.63, 3.8) is 0 Å². The van der Waals surface area contributed by atoms with Crippen LogP contribution < -0.4 is 10.1 Å². The van der Waals surface area contributed by atoms with E-state index in [4.69, 9.17) is 4.74 Å². The summed E-state index contributed by atoms with van der Waals surface area (Å²) >= 11 is 0. The SMILES string of the molecule is CCCOc1nc2ccccc2nc1[C@H](C#N)C(=O)NC1CCCCC1. The number of para-hydroxylation sites is 2. The van der Waals surface area contributed by atoms with Crippen LogP contribution in [-0.4, -0.2) is 28.5 Å². The summed E-state index contributed by atoms with van der Waals surface area (Å²) in [4.78, 5) is 21.8. The minimum Gasteiger partial charge on any atom is -0.476 e. The van der Waals surface area contributed by atoms with Crippen molar-refractivity contribution in [1.29, 1.82) is 5.26 Å². The summed E-state index contributed by atoms with van der Waals surface area (Å²) < 4.78 is 5.71. The van der Waals surface area contributed by atoms with Gasteiger partial charge in [0, 0.05) is 6.04 Å². The highest BCUT2D eigenvalue weighted by molar-refractivity contribution is 5.87. The molecule has 3 rings (SSSR count). The van der Waals surface area contributed by atoms with Crippen molar-refractivity contribution >= 4 is 16.9 Å². The number of hydrogen-bond acceptors (Lipinski definition) is 5. The maximum atomic E-state index is 12.7. The molecule has 1 aliphatic carbocycles. The van der Waals surface area contributed by atoms with E-state index in [1.165, 1.54) is 6.42 Å². The number of nitrogens with zero attached hydrogens (tertiary/aromatic N) is 3. The van der Waals surface area contributed by atoms with E-state index in [0.717, 1.165) is 32.1 Å². The summed E-state index contributed by atoms with van der Waals surface area (Å²) in [6, 6.07) is 9.63. The summed E-state index contributed by atoms with van der Waals surface area (Å²) in [5.41, 5.74) is 1.64. The molecule has 0 saturated heterocycles. The molecule has 1 heterocycles. The van der Waals surface area contributed by atoms with E-state index in [2.05, 4.69) is 21.4 Å². The number of amides is 1. The van der Waals surface area contributed by atoms with Crippen LogP contribution in [0.4, 0.5) is 0 Å². The summed E-state index contributed by atoms with van der Waals surface area (Å²) in [5.74, 6) is -1.07. The molecule has 1 amide bonds. The Bertz CT molecular complexity index is 809. The Labute approximate surface area is 153 Å². The van der Waals surface area contributed by atoms with E-state index >= 15 is 0 Å². The van der Waals surface area contributed by atoms with Crippen LogP contribution >= 0.6 is 0 Å². The van der Waals surface area contributed by atoms with Crippen molar-refractivity contribution in [2.45, 2.75) is 57.4 Å². The highest BCUT2D eigenvalue weighted by Gasteiger charge is 2.29. The first-order valence-electron chi connectivity index (χ1n) is 9.32. The van der Waals surface area contributed by atoms with Crippen LogP contribution in [-0.2, 0) is 4.79 Å². The Kier molecular flexibility index (Phi) is 6.00. The van der Waals surface area contributed by atoms with Gasteiger partial charge in [-0.2, -0.15) is 5.26 Å². The highest BCUT2D eigenvalue weighted by atomic mass is 16.5. The number of aromatic nitrogens is 2. The molecule has 0 bridgehead atoms. The monoisotopic (exact) mass is 352 g/mol. The van der Waals surface area contributed by atoms with Gasteiger partial charge in [0.2, 0.25) is 11.8 Å². The maximum Gasteiger partial charge on any atom is 0.243 e. The zero-order chi connectivity index (χ0) is 18.4. The Balaban J connectivity index is 1.91. The quantitative estimate of drug-likeness (QED) is 0.860. The standard InChI is InChI=1S/C20H24N4O2/c1-2-12-26-20-18(23-16-10-6-7-11-17(16)24-20)15(13-21)19(25)22-14-8-4-3-5-9-14/h6-7,10-11,14-15H,2-5,8-9,12H2,1H3,(H,22,25)/t15-/m0/s1. The van der Waals surface area contributed by atoms with Gasteiger partial charge in [0.25, 0.3) is 0 Å². The van der Waals surface area contributed by atoms with Crippen LogP contribution in [0.15, 0.2) is 24.3 Å². The molecule has 1 N–H and O–H groups in total. The van der Waals surface area contributed by atoms with Crippen LogP contribution in [0.2, 0.25) is 0 Å². The molecular formula is C20H24N4O2. The minimum absolute atomic E-state index is 0.139. The lowest BCUT2D eigenvalue weighted by molar-refractivity contribution is -0.122. The fourth-order valence-electron chi connectivity index (χ4n) is 3.27. The van der Waals surface area contributed by atoms with Gasteiger partial charge in [0.1, 0.15) is 5.69 Å². The van der Waals surface area contributed by atoms with Gasteiger partial charge in [-0.25, -0.2) is 9.97 Å². The van der Waals surface area contributed by atoms with Crippen molar-refractivity contribution in [2.24, 2.45) is 0 Å². The number of ether oxygens (including phenoxy) is 1. The molecule has 1 aliphatic rings. The lowest BCUT2D eigenvalue weighted by atomic mass is 9.94. The molecule has 1 atom stereocenters. The highest BCUT2D eigenvalue weighted by Crippen LogP contribution is 2.27. The largest absolute Gasteiger partial charge is 0.476 e. The minimum atomic E-state index is -1.03. The molecule has 26 heavy (non-hydrogen) atoms. The number of carbonyl (C=O) groups excluding carboxylic acids is 1. The number of nitrogens with one attached hydrogen (secondary N) is 1. The summed E-state index contributed by atoms with van der Waals surface area (Å²) in [6.07, 6.45) is 6.17. The number of fused-ring (bicyclic) bond motifs is 1. The zero-order valence-corrected chi connectivity index (χ0v) is 15.1. The second kappa shape index (κ2) is 8.61. The van der Waals surface area contributed by atoms with E-state index < -0.39 is 5.92 Å². The van der Waals surface area contributed by atoms with Crippen LogP contribution in [0.5, 0.6) is 5.88 Å². The van der Waals surface area contributed by atoms with Crippen molar-refractivity contribution in [1.82, 2.24) is 15.3 Å². The van der Waals surface area contributed by atoms with Gasteiger partial charge in [-0.3, -0.25) is 4.79 Å². The van der Waals surface area contributed by atoms with Crippen molar-refractivity contribution in [3.8, 4) is 11.9 Å². The molecule has 0 spiro atoms. The molecule has 1 saturated carbocycles. The Morgan fingerprint density at radius 1 is 1.27 bits per heavy atom. The molecule has 136 valence electrons. The first-order valence-corrected chi connectivity index (χ1v) is 9.32. The number of rotatable bonds is 6. The van der Waals surface area contributed by atoms with E-state index in [1.54, 1.807) is 0 Å². The number of nitriles is 1. The van der Waals surface area contributed by atoms with Gasteiger partial charge in [0.15, 0.2) is 5.92 Å². The van der Waals surface area contributed by atoms with Gasteiger partial charge in [-0.1, -0.05) is 38.3 Å². The predicted molar refractivity (Wildman–Crippen MR) is 98.7 cm³/mol. The number of carbonyl (C=O) groups is 1. The van der Waals surface area contributed by atoms with Gasteiger partial charge < -0.3 is 10.1 Å². The summed E-state index contributed by atoms with van der Waals surface area (Å²) in [6.45, 7) is 2.45. The van der Waals surface area contributed by atoms with Gasteiger partial charge in [-0.05, 0) is 31.4 Å². The van der Waals surface area contributed by atoms with Crippen LogP contribution in [0.1, 0.15) is 57.1 Å². The fraction of sp³-hybridized carbons (Fsp3) is 0.500. The molecule has 6 nitrogen and oxygen atoms in total. The van der Waals surface area contributed by atoms with Gasteiger partial charge in [0.05, 0.1) is 23.7 Å². The molecule has 1 fully saturated rings. The third kappa shape index (κ3) is 4.10. The number of benzene rings is 1. The topological polar surface area (TPSA) is 87.9 Å². The average Bonchev–Trinajstić information content (AvgIpc) is 2.67. The van der Waals surface area contributed by atoms with E-state index in [1.807, 2.05) is 31.2 Å². The van der Waals surface area contributed by atoms with Crippen LogP contribution in [0.25, 0.3) is 11.0 Å². The van der Waals surface area contributed by atoms with E-state index in [0.29, 0.717) is 23.3 Å². The van der Waals surface area contributed by atoms with E-state index in [9.17, 15) is 10.1 Å². The molecular weight excluding hydrogens is 328 g/mol. The van der Waals surface area contributed by atoms with Crippen molar-refractivity contribution in [2.75, 3.05) is 6.61 Å². The second-order valence-corrected chi connectivity index (χ2v) is 6.66. The lowest BCUT2D eigenvalue weighted by Crippen LogP contribution is -2.39. The maximum absolute atomic E-state index is 12.7. The zero-order valence-electron chi connectivity index (χ0n) is 15.1. The Morgan fingerprint density at radius 3 is 2.62 bits per heavy atom. The summed E-state index contributed by atoms with van der Waals surface area (Å²) in [5, 5.41) is 12.7. The predicted octanol–water partition coefficient (Wildman–Crippen LogP) is 3.47. The lowest BCUT2D eigenvalue weighted by Gasteiger charge is -2.24. The molecule has 0 radical (unpaired) electrons. The molecule has 2 aromatic rings. The van der Waals surface area contributed by atoms with Crippen LogP contribution in [0, 0.1) is 11.3 Å². The molecule has 6 heteroatoms. The van der Waals surface area contributed by atoms with Crippen LogP contribution in [0.3, 0.4) is 0 Å². The number of hydrogen-bond donors (Lipinski definition) is 1. The molecule has 1 aromatic heterocycles.